The van der Waals surface area contributed by atoms with Gasteiger partial charge >= 0.3 is 0 Å². The number of alkyl halides is 1. The maximum absolute atomic E-state index is 6.08. The van der Waals surface area contributed by atoms with Crippen LogP contribution in [-0.2, 0) is 0 Å². The average Bonchev–Trinajstić information content (AvgIpc) is 2.22. The van der Waals surface area contributed by atoms with Crippen LogP contribution in [0.25, 0.3) is 5.57 Å². The highest BCUT2D eigenvalue weighted by atomic mass is 35.5. The van der Waals surface area contributed by atoms with Crippen molar-refractivity contribution in [1.82, 2.24) is 4.98 Å². The van der Waals surface area contributed by atoms with E-state index < -0.39 is 0 Å². The highest BCUT2D eigenvalue weighted by Crippen LogP contribution is 2.32. The van der Waals surface area contributed by atoms with Crippen molar-refractivity contribution in [1.29, 1.82) is 0 Å². The van der Waals surface area contributed by atoms with Crippen LogP contribution >= 0.6 is 23.2 Å². The molecule has 0 saturated carbocycles. The lowest BCUT2D eigenvalue weighted by molar-refractivity contribution is 0.747. The molecule has 15 heavy (non-hydrogen) atoms. The summed E-state index contributed by atoms with van der Waals surface area (Å²) in [7, 11) is 0. The SMILES string of the molecule is Nc1ncc(Cl)cc1C1=CC(Cl)CCC1. The molecule has 1 heterocycles. The van der Waals surface area contributed by atoms with Crippen LogP contribution in [0.3, 0.4) is 0 Å². The number of anilines is 1. The first-order chi connectivity index (χ1) is 7.16. The van der Waals surface area contributed by atoms with E-state index in [0.29, 0.717) is 10.8 Å². The van der Waals surface area contributed by atoms with Crippen LogP contribution < -0.4 is 5.73 Å². The van der Waals surface area contributed by atoms with Crippen molar-refractivity contribution in [2.24, 2.45) is 0 Å². The predicted molar refractivity (Wildman–Crippen MR) is 65.1 cm³/mol. The van der Waals surface area contributed by atoms with E-state index in [-0.39, 0.29) is 5.38 Å². The average molecular weight is 243 g/mol. The maximum Gasteiger partial charge on any atom is 0.130 e. The zero-order chi connectivity index (χ0) is 10.8. The summed E-state index contributed by atoms with van der Waals surface area (Å²) in [4.78, 5) is 4.04. The van der Waals surface area contributed by atoms with Gasteiger partial charge in [0.2, 0.25) is 0 Å². The molecule has 1 unspecified atom stereocenters. The summed E-state index contributed by atoms with van der Waals surface area (Å²) in [5.74, 6) is 0.524. The number of nitrogen functional groups attached to an aromatic ring is 1. The fourth-order valence-corrected chi connectivity index (χ4v) is 2.27. The molecule has 0 fully saturated rings. The Morgan fingerprint density at radius 1 is 1.47 bits per heavy atom. The fraction of sp³-hybridized carbons (Fsp3) is 0.364. The molecule has 0 amide bonds. The number of nitrogens with zero attached hydrogens (tertiary/aromatic N) is 1. The second-order valence-electron chi connectivity index (χ2n) is 3.69. The Hall–Kier alpha value is -0.730. The van der Waals surface area contributed by atoms with Crippen molar-refractivity contribution in [2.45, 2.75) is 24.6 Å². The number of nitrogens with two attached hydrogens (primary N) is 1. The second-order valence-corrected chi connectivity index (χ2v) is 4.68. The molecule has 0 aliphatic heterocycles. The third-order valence-electron chi connectivity index (χ3n) is 2.54. The van der Waals surface area contributed by atoms with Crippen LogP contribution in [0, 0.1) is 0 Å². The van der Waals surface area contributed by atoms with Crippen molar-refractivity contribution >= 4 is 34.6 Å². The number of allylic oxidation sites excluding steroid dienone is 2. The minimum Gasteiger partial charge on any atom is -0.383 e. The number of hydrogen-bond donors (Lipinski definition) is 1. The predicted octanol–water partition coefficient (Wildman–Crippen LogP) is 3.49. The first kappa shape index (κ1) is 10.8. The summed E-state index contributed by atoms with van der Waals surface area (Å²) < 4.78 is 0. The Bertz CT molecular complexity index is 402. The Balaban J connectivity index is 2.40. The molecule has 1 aliphatic carbocycles. The van der Waals surface area contributed by atoms with E-state index in [1.807, 2.05) is 6.07 Å². The number of halogens is 2. The lowest BCUT2D eigenvalue weighted by atomic mass is 9.94. The second kappa shape index (κ2) is 4.42. The Morgan fingerprint density at radius 3 is 3.00 bits per heavy atom. The molecule has 80 valence electrons. The molecule has 1 aliphatic rings. The van der Waals surface area contributed by atoms with E-state index in [2.05, 4.69) is 11.1 Å². The van der Waals surface area contributed by atoms with Crippen LogP contribution in [0.4, 0.5) is 5.82 Å². The van der Waals surface area contributed by atoms with Gasteiger partial charge < -0.3 is 5.73 Å². The van der Waals surface area contributed by atoms with Gasteiger partial charge in [0.05, 0.1) is 10.4 Å². The molecule has 2 N–H and O–H groups in total. The van der Waals surface area contributed by atoms with E-state index in [4.69, 9.17) is 28.9 Å². The number of hydrogen-bond acceptors (Lipinski definition) is 2. The van der Waals surface area contributed by atoms with Crippen LogP contribution in [0.5, 0.6) is 0 Å². The normalized spacial score (nSPS) is 21.2. The maximum atomic E-state index is 6.08. The third-order valence-corrected chi connectivity index (χ3v) is 3.09. The van der Waals surface area contributed by atoms with Crippen LogP contribution in [-0.4, -0.2) is 10.4 Å². The van der Waals surface area contributed by atoms with Gasteiger partial charge in [-0.25, -0.2) is 4.98 Å². The van der Waals surface area contributed by atoms with E-state index in [0.717, 1.165) is 30.4 Å². The summed E-state index contributed by atoms with van der Waals surface area (Å²) in [6, 6.07) is 1.85. The van der Waals surface area contributed by atoms with Crippen LogP contribution in [0.1, 0.15) is 24.8 Å². The van der Waals surface area contributed by atoms with Crippen molar-refractivity contribution in [3.8, 4) is 0 Å². The van der Waals surface area contributed by atoms with Crippen molar-refractivity contribution in [3.63, 3.8) is 0 Å². The number of rotatable bonds is 1. The Kier molecular flexibility index (Phi) is 3.17. The largest absolute Gasteiger partial charge is 0.383 e. The molecular formula is C11H12Cl2N2. The first-order valence-corrected chi connectivity index (χ1v) is 5.74. The minimum atomic E-state index is 0.104. The van der Waals surface area contributed by atoms with E-state index in [9.17, 15) is 0 Å². The summed E-state index contributed by atoms with van der Waals surface area (Å²) in [6.07, 6.45) is 6.72. The zero-order valence-corrected chi connectivity index (χ0v) is 9.72. The molecule has 2 rings (SSSR count). The third kappa shape index (κ3) is 2.44. The zero-order valence-electron chi connectivity index (χ0n) is 8.21. The van der Waals surface area contributed by atoms with E-state index >= 15 is 0 Å². The number of aromatic nitrogens is 1. The van der Waals surface area contributed by atoms with E-state index in [1.165, 1.54) is 0 Å². The monoisotopic (exact) mass is 242 g/mol. The Labute approximate surface area is 99.1 Å². The molecular weight excluding hydrogens is 231 g/mol. The Morgan fingerprint density at radius 2 is 2.27 bits per heavy atom. The molecule has 1 atom stereocenters. The first-order valence-electron chi connectivity index (χ1n) is 4.93. The lowest BCUT2D eigenvalue weighted by Crippen LogP contribution is -2.05. The molecule has 0 radical (unpaired) electrons. The molecule has 1 aromatic heterocycles. The van der Waals surface area contributed by atoms with Gasteiger partial charge in [0.1, 0.15) is 5.82 Å². The van der Waals surface area contributed by atoms with Crippen molar-refractivity contribution < 1.29 is 0 Å². The summed E-state index contributed by atoms with van der Waals surface area (Å²) in [5, 5.41) is 0.712. The van der Waals surface area contributed by atoms with Crippen LogP contribution in [0.2, 0.25) is 5.02 Å². The van der Waals surface area contributed by atoms with Crippen molar-refractivity contribution in [3.05, 3.63) is 28.9 Å². The van der Waals surface area contributed by atoms with Gasteiger partial charge in [0, 0.05) is 11.8 Å². The smallest absolute Gasteiger partial charge is 0.130 e. The van der Waals surface area contributed by atoms with Gasteiger partial charge in [-0.15, -0.1) is 11.6 Å². The standard InChI is InChI=1S/C11H12Cl2N2/c12-8-3-1-2-7(4-8)10-5-9(13)6-15-11(10)14/h4-6,8H,1-3H2,(H2,14,15). The van der Waals surface area contributed by atoms with Crippen molar-refractivity contribution in [2.75, 3.05) is 5.73 Å². The quantitative estimate of drug-likeness (QED) is 0.766. The molecule has 4 heteroatoms. The molecule has 1 aromatic rings. The molecule has 0 bridgehead atoms. The molecule has 0 spiro atoms. The van der Waals surface area contributed by atoms with E-state index in [1.54, 1.807) is 6.20 Å². The number of pyridine rings is 1. The van der Waals surface area contributed by atoms with Gasteiger partial charge in [-0.3, -0.25) is 0 Å². The van der Waals surface area contributed by atoms with Gasteiger partial charge in [0.25, 0.3) is 0 Å². The van der Waals surface area contributed by atoms with Gasteiger partial charge in [0.15, 0.2) is 0 Å². The molecule has 0 aromatic carbocycles. The highest BCUT2D eigenvalue weighted by Gasteiger charge is 2.15. The molecule has 0 saturated heterocycles. The van der Waals surface area contributed by atoms with Gasteiger partial charge in [-0.2, -0.15) is 0 Å². The topological polar surface area (TPSA) is 38.9 Å². The fourth-order valence-electron chi connectivity index (χ4n) is 1.80. The summed E-state index contributed by atoms with van der Waals surface area (Å²) in [6.45, 7) is 0. The highest BCUT2D eigenvalue weighted by molar-refractivity contribution is 6.30. The summed E-state index contributed by atoms with van der Waals surface area (Å²) >= 11 is 12.0. The lowest BCUT2D eigenvalue weighted by Gasteiger charge is -2.17. The van der Waals surface area contributed by atoms with Gasteiger partial charge in [-0.05, 0) is 30.9 Å². The summed E-state index contributed by atoms with van der Waals surface area (Å²) in [5.41, 5.74) is 7.90. The van der Waals surface area contributed by atoms with Gasteiger partial charge in [-0.1, -0.05) is 17.7 Å². The minimum absolute atomic E-state index is 0.104. The van der Waals surface area contributed by atoms with Crippen LogP contribution in [0.15, 0.2) is 18.3 Å². The molecule has 2 nitrogen and oxygen atoms in total.